The first-order chi connectivity index (χ1) is 10.6. The monoisotopic (exact) mass is 300 g/mol. The molecular weight excluding hydrogens is 280 g/mol. The molecule has 0 radical (unpaired) electrons. The summed E-state index contributed by atoms with van der Waals surface area (Å²) in [6, 6.07) is 0.291. The number of carbonyl (C=O) groups excluding carboxylic acids is 1. The highest BCUT2D eigenvalue weighted by atomic mass is 16.3. The molecule has 2 aromatic heterocycles. The topological polar surface area (TPSA) is 80.1 Å². The van der Waals surface area contributed by atoms with Crippen LogP contribution in [0.25, 0.3) is 11.1 Å². The van der Waals surface area contributed by atoms with E-state index >= 15 is 0 Å². The molecule has 2 saturated carbocycles. The van der Waals surface area contributed by atoms with Crippen molar-refractivity contribution in [3.05, 3.63) is 17.7 Å². The quantitative estimate of drug-likeness (QED) is 0.907. The number of hydrogen-bond donors (Lipinski definition) is 2. The third-order valence-corrected chi connectivity index (χ3v) is 4.75. The first-order valence-corrected chi connectivity index (χ1v) is 7.89. The number of amides is 1. The SMILES string of the molecule is Cc1oc2ncnc(NC3(C)CC3)c2c1C(=O)NC1CCC1. The van der Waals surface area contributed by atoms with Gasteiger partial charge in [-0.1, -0.05) is 0 Å². The summed E-state index contributed by atoms with van der Waals surface area (Å²) in [6.45, 7) is 3.96. The molecule has 116 valence electrons. The van der Waals surface area contributed by atoms with Crippen molar-refractivity contribution in [3.63, 3.8) is 0 Å². The Labute approximate surface area is 128 Å². The van der Waals surface area contributed by atoms with Crippen molar-refractivity contribution in [2.75, 3.05) is 5.32 Å². The number of hydrogen-bond acceptors (Lipinski definition) is 5. The van der Waals surface area contributed by atoms with Gasteiger partial charge in [0, 0.05) is 11.6 Å². The zero-order valence-corrected chi connectivity index (χ0v) is 12.9. The van der Waals surface area contributed by atoms with E-state index in [1.165, 1.54) is 12.7 Å². The standard InChI is InChI=1S/C16H20N4O2/c1-9-11(14(21)19-10-4-3-5-10)12-13(20-16(2)6-7-16)17-8-18-15(12)22-9/h8,10H,3-7H2,1-2H3,(H,19,21)(H,17,18,20). The number of fused-ring (bicyclic) bond motifs is 1. The van der Waals surface area contributed by atoms with Crippen LogP contribution in [0.4, 0.5) is 5.82 Å². The largest absolute Gasteiger partial charge is 0.442 e. The van der Waals surface area contributed by atoms with E-state index in [2.05, 4.69) is 27.5 Å². The van der Waals surface area contributed by atoms with Gasteiger partial charge in [-0.3, -0.25) is 4.79 Å². The molecule has 1 amide bonds. The van der Waals surface area contributed by atoms with Crippen molar-refractivity contribution in [1.82, 2.24) is 15.3 Å². The summed E-state index contributed by atoms with van der Waals surface area (Å²) in [4.78, 5) is 21.1. The van der Waals surface area contributed by atoms with Crippen molar-refractivity contribution < 1.29 is 9.21 Å². The van der Waals surface area contributed by atoms with E-state index in [4.69, 9.17) is 4.42 Å². The van der Waals surface area contributed by atoms with E-state index in [-0.39, 0.29) is 11.4 Å². The fraction of sp³-hybridized carbons (Fsp3) is 0.562. The van der Waals surface area contributed by atoms with Crippen LogP contribution >= 0.6 is 0 Å². The minimum atomic E-state index is -0.0836. The molecule has 6 nitrogen and oxygen atoms in total. The third-order valence-electron chi connectivity index (χ3n) is 4.75. The Morgan fingerprint density at radius 2 is 2.14 bits per heavy atom. The van der Waals surface area contributed by atoms with Crippen LogP contribution in [-0.2, 0) is 0 Å². The Morgan fingerprint density at radius 3 is 2.77 bits per heavy atom. The molecule has 2 aliphatic rings. The molecule has 0 atom stereocenters. The average Bonchev–Trinajstić information content (AvgIpc) is 3.04. The number of nitrogens with zero attached hydrogens (tertiary/aromatic N) is 2. The van der Waals surface area contributed by atoms with Gasteiger partial charge in [0.15, 0.2) is 0 Å². The molecule has 2 heterocycles. The molecule has 22 heavy (non-hydrogen) atoms. The number of aromatic nitrogens is 2. The Kier molecular flexibility index (Phi) is 2.89. The van der Waals surface area contributed by atoms with Crippen LogP contribution < -0.4 is 10.6 Å². The Balaban J connectivity index is 1.75. The Bertz CT molecular complexity index is 744. The number of carbonyl (C=O) groups is 1. The second-order valence-corrected chi connectivity index (χ2v) is 6.72. The van der Waals surface area contributed by atoms with Gasteiger partial charge in [-0.05, 0) is 46.0 Å². The summed E-state index contributed by atoms with van der Waals surface area (Å²) in [5, 5.41) is 7.21. The lowest BCUT2D eigenvalue weighted by atomic mass is 9.93. The minimum Gasteiger partial charge on any atom is -0.442 e. The number of anilines is 1. The number of aryl methyl sites for hydroxylation is 1. The van der Waals surface area contributed by atoms with Crippen LogP contribution in [0.1, 0.15) is 55.1 Å². The van der Waals surface area contributed by atoms with E-state index in [0.29, 0.717) is 34.3 Å². The van der Waals surface area contributed by atoms with E-state index in [9.17, 15) is 4.79 Å². The highest BCUT2D eigenvalue weighted by Crippen LogP contribution is 2.40. The number of rotatable bonds is 4. The predicted molar refractivity (Wildman–Crippen MR) is 82.9 cm³/mol. The molecule has 0 bridgehead atoms. The molecule has 2 fully saturated rings. The maximum absolute atomic E-state index is 12.6. The Morgan fingerprint density at radius 1 is 1.36 bits per heavy atom. The second kappa shape index (κ2) is 4.69. The van der Waals surface area contributed by atoms with E-state index in [0.717, 1.165) is 25.7 Å². The smallest absolute Gasteiger partial charge is 0.255 e. The van der Waals surface area contributed by atoms with Crippen LogP contribution in [0.5, 0.6) is 0 Å². The predicted octanol–water partition coefficient (Wildman–Crippen LogP) is 2.78. The number of nitrogens with one attached hydrogen (secondary N) is 2. The fourth-order valence-corrected chi connectivity index (χ4v) is 2.82. The Hall–Kier alpha value is -2.11. The minimum absolute atomic E-state index is 0.0776. The van der Waals surface area contributed by atoms with E-state index < -0.39 is 0 Å². The summed E-state index contributed by atoms with van der Waals surface area (Å²) in [5.41, 5.74) is 1.11. The fourth-order valence-electron chi connectivity index (χ4n) is 2.82. The third kappa shape index (κ3) is 2.23. The van der Waals surface area contributed by atoms with Gasteiger partial charge >= 0.3 is 0 Å². The summed E-state index contributed by atoms with van der Waals surface area (Å²) in [7, 11) is 0. The first kappa shape index (κ1) is 13.5. The van der Waals surface area contributed by atoms with Crippen molar-refractivity contribution >= 4 is 22.8 Å². The van der Waals surface area contributed by atoms with Crippen molar-refractivity contribution in [2.45, 2.75) is 57.5 Å². The zero-order valence-electron chi connectivity index (χ0n) is 12.9. The molecule has 0 saturated heterocycles. The van der Waals surface area contributed by atoms with Gasteiger partial charge in [-0.25, -0.2) is 9.97 Å². The van der Waals surface area contributed by atoms with Crippen LogP contribution in [0.15, 0.2) is 10.7 Å². The second-order valence-electron chi connectivity index (χ2n) is 6.72. The van der Waals surface area contributed by atoms with Gasteiger partial charge in [0.05, 0.1) is 10.9 Å². The van der Waals surface area contributed by atoms with E-state index in [1.807, 2.05) is 0 Å². The van der Waals surface area contributed by atoms with Crippen molar-refractivity contribution in [3.8, 4) is 0 Å². The highest BCUT2D eigenvalue weighted by molar-refractivity contribution is 6.10. The van der Waals surface area contributed by atoms with Gasteiger partial charge < -0.3 is 15.1 Å². The van der Waals surface area contributed by atoms with Gasteiger partial charge in [-0.2, -0.15) is 0 Å². The van der Waals surface area contributed by atoms with Crippen molar-refractivity contribution in [2.24, 2.45) is 0 Å². The molecule has 2 N–H and O–H groups in total. The average molecular weight is 300 g/mol. The lowest BCUT2D eigenvalue weighted by molar-refractivity contribution is 0.0917. The maximum Gasteiger partial charge on any atom is 0.255 e. The lowest BCUT2D eigenvalue weighted by Crippen LogP contribution is -2.39. The molecule has 2 aliphatic carbocycles. The number of furan rings is 1. The van der Waals surface area contributed by atoms with Crippen LogP contribution in [0.2, 0.25) is 0 Å². The van der Waals surface area contributed by atoms with Crippen molar-refractivity contribution in [1.29, 1.82) is 0 Å². The van der Waals surface area contributed by atoms with Gasteiger partial charge in [0.2, 0.25) is 5.71 Å². The molecule has 0 aromatic carbocycles. The molecule has 0 spiro atoms. The highest BCUT2D eigenvalue weighted by Gasteiger charge is 2.38. The first-order valence-electron chi connectivity index (χ1n) is 7.89. The van der Waals surface area contributed by atoms with E-state index in [1.54, 1.807) is 6.92 Å². The van der Waals surface area contributed by atoms with Crippen LogP contribution in [0.3, 0.4) is 0 Å². The molecule has 4 rings (SSSR count). The molecular formula is C16H20N4O2. The molecule has 6 heteroatoms. The maximum atomic E-state index is 12.6. The van der Waals surface area contributed by atoms with Gasteiger partial charge in [0.1, 0.15) is 17.9 Å². The van der Waals surface area contributed by atoms with Crippen LogP contribution in [-0.4, -0.2) is 27.5 Å². The summed E-state index contributed by atoms with van der Waals surface area (Å²) >= 11 is 0. The molecule has 0 aliphatic heterocycles. The molecule has 0 unspecified atom stereocenters. The van der Waals surface area contributed by atoms with Gasteiger partial charge in [-0.15, -0.1) is 0 Å². The molecule has 2 aromatic rings. The summed E-state index contributed by atoms with van der Waals surface area (Å²) in [5.74, 6) is 1.21. The zero-order chi connectivity index (χ0) is 15.3. The van der Waals surface area contributed by atoms with Gasteiger partial charge in [0.25, 0.3) is 5.91 Å². The van der Waals surface area contributed by atoms with Crippen LogP contribution in [0, 0.1) is 6.92 Å². The normalized spacial score (nSPS) is 19.7. The summed E-state index contributed by atoms with van der Waals surface area (Å²) in [6.07, 6.45) is 7.00. The lowest BCUT2D eigenvalue weighted by Gasteiger charge is -2.26. The summed E-state index contributed by atoms with van der Waals surface area (Å²) < 4.78 is 5.68.